The van der Waals surface area contributed by atoms with Gasteiger partial charge in [-0.15, -0.1) is 11.3 Å². The van der Waals surface area contributed by atoms with Crippen LogP contribution in [0.15, 0.2) is 9.85 Å². The number of hydroxylamine groups is 1. The lowest BCUT2D eigenvalue weighted by molar-refractivity contribution is 0.0710. The number of hydrogen-bond donors (Lipinski definition) is 2. The summed E-state index contributed by atoms with van der Waals surface area (Å²) < 4.78 is 0.744. The molecule has 2 N–H and O–H groups in total. The molecule has 0 spiro atoms. The van der Waals surface area contributed by atoms with Gasteiger partial charge >= 0.3 is 0 Å². The van der Waals surface area contributed by atoms with Crippen molar-refractivity contribution in [2.45, 2.75) is 6.92 Å². The molecular weight excluding hydrogens is 230 g/mol. The Labute approximate surface area is 76.1 Å². The zero-order valence-corrected chi connectivity index (χ0v) is 8.12. The summed E-state index contributed by atoms with van der Waals surface area (Å²) in [4.78, 5) is 11.4. The quantitative estimate of drug-likeness (QED) is 0.578. The van der Waals surface area contributed by atoms with E-state index in [1.807, 2.05) is 12.3 Å². The van der Waals surface area contributed by atoms with Gasteiger partial charge in [0, 0.05) is 4.47 Å². The summed E-state index contributed by atoms with van der Waals surface area (Å²) in [5.74, 6) is -0.477. The average Bonchev–Trinajstić information content (AvgIpc) is 2.32. The van der Waals surface area contributed by atoms with Crippen LogP contribution in [0.25, 0.3) is 0 Å². The van der Waals surface area contributed by atoms with E-state index in [1.54, 1.807) is 5.48 Å². The van der Waals surface area contributed by atoms with Crippen molar-refractivity contribution in [2.75, 3.05) is 0 Å². The lowest BCUT2D eigenvalue weighted by Gasteiger charge is -1.94. The number of carbonyl (C=O) groups excluding carboxylic acids is 1. The van der Waals surface area contributed by atoms with Gasteiger partial charge in [-0.05, 0) is 33.8 Å². The minimum Gasteiger partial charge on any atom is -0.288 e. The van der Waals surface area contributed by atoms with Crippen LogP contribution in [0.2, 0.25) is 0 Å². The molecule has 1 rings (SSSR count). The van der Waals surface area contributed by atoms with Crippen LogP contribution < -0.4 is 5.48 Å². The van der Waals surface area contributed by atoms with Crippen molar-refractivity contribution in [2.24, 2.45) is 0 Å². The molecule has 0 aliphatic carbocycles. The van der Waals surface area contributed by atoms with Crippen molar-refractivity contribution in [3.8, 4) is 0 Å². The van der Waals surface area contributed by atoms with Gasteiger partial charge in [0.2, 0.25) is 0 Å². The third-order valence-corrected chi connectivity index (χ3v) is 3.59. The molecule has 1 aromatic rings. The molecule has 0 aliphatic rings. The molecule has 1 aromatic heterocycles. The molecule has 0 aliphatic heterocycles. The molecule has 0 atom stereocenters. The smallest absolute Gasteiger partial charge is 0.285 e. The third-order valence-electron chi connectivity index (χ3n) is 1.21. The van der Waals surface area contributed by atoms with Gasteiger partial charge in [0.15, 0.2) is 0 Å². The average molecular weight is 236 g/mol. The van der Waals surface area contributed by atoms with Gasteiger partial charge in [0.25, 0.3) is 5.91 Å². The summed E-state index contributed by atoms with van der Waals surface area (Å²) in [6.45, 7) is 1.88. The van der Waals surface area contributed by atoms with E-state index in [0.717, 1.165) is 10.0 Å². The molecule has 0 unspecified atom stereocenters. The van der Waals surface area contributed by atoms with Gasteiger partial charge in [-0.1, -0.05) is 0 Å². The maximum atomic E-state index is 10.9. The Hall–Kier alpha value is -0.390. The molecule has 5 heteroatoms. The van der Waals surface area contributed by atoms with Crippen molar-refractivity contribution in [3.63, 3.8) is 0 Å². The Morgan fingerprint density at radius 3 is 2.82 bits per heavy atom. The molecule has 0 saturated carbocycles. The van der Waals surface area contributed by atoms with Crippen LogP contribution in [0.3, 0.4) is 0 Å². The van der Waals surface area contributed by atoms with Gasteiger partial charge in [0.1, 0.15) is 4.88 Å². The maximum absolute atomic E-state index is 10.9. The van der Waals surface area contributed by atoms with E-state index in [2.05, 4.69) is 15.9 Å². The summed E-state index contributed by atoms with van der Waals surface area (Å²) in [5.41, 5.74) is 2.57. The number of rotatable bonds is 1. The van der Waals surface area contributed by atoms with Crippen molar-refractivity contribution < 1.29 is 10.0 Å². The van der Waals surface area contributed by atoms with Crippen LogP contribution in [-0.4, -0.2) is 11.1 Å². The van der Waals surface area contributed by atoms with Crippen molar-refractivity contribution in [1.82, 2.24) is 5.48 Å². The molecular formula is C6H6BrNO2S. The highest BCUT2D eigenvalue weighted by Crippen LogP contribution is 2.27. The Balaban J connectivity index is 3.04. The summed E-state index contributed by atoms with van der Waals surface area (Å²) in [6.07, 6.45) is 0. The lowest BCUT2D eigenvalue weighted by atomic mass is 10.3. The van der Waals surface area contributed by atoms with E-state index in [-0.39, 0.29) is 0 Å². The minimum absolute atomic E-state index is 0.477. The summed E-state index contributed by atoms with van der Waals surface area (Å²) >= 11 is 4.52. The Morgan fingerprint density at radius 2 is 2.45 bits per heavy atom. The lowest BCUT2D eigenvalue weighted by Crippen LogP contribution is -2.17. The fourth-order valence-electron chi connectivity index (χ4n) is 0.634. The van der Waals surface area contributed by atoms with Gasteiger partial charge in [-0.3, -0.25) is 10.0 Å². The third kappa shape index (κ3) is 1.61. The number of thiophene rings is 1. The number of aryl methyl sites for hydroxylation is 1. The molecule has 0 saturated heterocycles. The number of nitrogens with one attached hydrogen (secondary N) is 1. The summed E-state index contributed by atoms with van der Waals surface area (Å²) in [6, 6.07) is 0. The van der Waals surface area contributed by atoms with Crippen molar-refractivity contribution in [1.29, 1.82) is 0 Å². The van der Waals surface area contributed by atoms with Crippen molar-refractivity contribution >= 4 is 33.2 Å². The Morgan fingerprint density at radius 1 is 1.82 bits per heavy atom. The van der Waals surface area contributed by atoms with E-state index >= 15 is 0 Å². The van der Waals surface area contributed by atoms with Gasteiger partial charge < -0.3 is 0 Å². The molecule has 60 valence electrons. The van der Waals surface area contributed by atoms with Crippen molar-refractivity contribution in [3.05, 3.63) is 20.3 Å². The molecule has 0 aromatic carbocycles. The van der Waals surface area contributed by atoms with Crippen LogP contribution in [0.1, 0.15) is 15.2 Å². The molecule has 0 radical (unpaired) electrons. The normalized spacial score (nSPS) is 9.73. The fourth-order valence-corrected chi connectivity index (χ4v) is 2.19. The van der Waals surface area contributed by atoms with E-state index in [9.17, 15) is 4.79 Å². The second-order valence-corrected chi connectivity index (χ2v) is 3.68. The number of halogens is 1. The van der Waals surface area contributed by atoms with E-state index in [0.29, 0.717) is 4.88 Å². The highest BCUT2D eigenvalue weighted by atomic mass is 79.9. The van der Waals surface area contributed by atoms with Crippen LogP contribution in [0, 0.1) is 6.92 Å². The van der Waals surface area contributed by atoms with Crippen LogP contribution in [0.4, 0.5) is 0 Å². The molecule has 0 bridgehead atoms. The highest BCUT2D eigenvalue weighted by molar-refractivity contribution is 9.10. The molecule has 1 heterocycles. The van der Waals surface area contributed by atoms with Crippen LogP contribution in [0.5, 0.6) is 0 Å². The first-order valence-electron chi connectivity index (χ1n) is 2.85. The molecule has 1 amide bonds. The zero-order chi connectivity index (χ0) is 8.43. The highest BCUT2D eigenvalue weighted by Gasteiger charge is 2.12. The van der Waals surface area contributed by atoms with E-state index < -0.39 is 5.91 Å². The molecule has 11 heavy (non-hydrogen) atoms. The Kier molecular flexibility index (Phi) is 2.64. The fraction of sp³-hybridized carbons (Fsp3) is 0.167. The second kappa shape index (κ2) is 3.34. The number of amides is 1. The van der Waals surface area contributed by atoms with Crippen LogP contribution in [-0.2, 0) is 0 Å². The van der Waals surface area contributed by atoms with E-state index in [4.69, 9.17) is 5.21 Å². The SMILES string of the molecule is Cc1csc(C(=O)NO)c1Br. The monoisotopic (exact) mass is 235 g/mol. The largest absolute Gasteiger partial charge is 0.288 e. The first kappa shape index (κ1) is 8.70. The summed E-state index contributed by atoms with van der Waals surface area (Å²) in [5, 5.41) is 10.2. The first-order valence-corrected chi connectivity index (χ1v) is 4.52. The minimum atomic E-state index is -0.477. The maximum Gasteiger partial charge on any atom is 0.285 e. The topological polar surface area (TPSA) is 49.3 Å². The van der Waals surface area contributed by atoms with E-state index in [1.165, 1.54) is 11.3 Å². The predicted molar refractivity (Wildman–Crippen MR) is 46.0 cm³/mol. The molecule has 0 fully saturated rings. The zero-order valence-electron chi connectivity index (χ0n) is 5.72. The van der Waals surface area contributed by atoms with Gasteiger partial charge in [-0.25, -0.2) is 5.48 Å². The predicted octanol–water partition coefficient (Wildman–Crippen LogP) is 1.94. The number of carbonyl (C=O) groups is 1. The van der Waals surface area contributed by atoms with Gasteiger partial charge in [-0.2, -0.15) is 0 Å². The molecule has 3 nitrogen and oxygen atoms in total. The Bertz CT molecular complexity index is 284. The van der Waals surface area contributed by atoms with Crippen LogP contribution >= 0.6 is 27.3 Å². The second-order valence-electron chi connectivity index (χ2n) is 2.00. The summed E-state index contributed by atoms with van der Waals surface area (Å²) in [7, 11) is 0. The standard InChI is InChI=1S/C6H6BrNO2S/c1-3-2-11-5(4(3)7)6(9)8-10/h2,10H,1H3,(H,8,9). The number of hydrogen-bond acceptors (Lipinski definition) is 3. The van der Waals surface area contributed by atoms with Gasteiger partial charge in [0.05, 0.1) is 0 Å². The first-order chi connectivity index (χ1) is 5.16.